The van der Waals surface area contributed by atoms with E-state index in [-0.39, 0.29) is 29.9 Å². The van der Waals surface area contributed by atoms with Gasteiger partial charge in [-0.2, -0.15) is 0 Å². The third-order valence-corrected chi connectivity index (χ3v) is 4.35. The molecule has 0 bridgehead atoms. The van der Waals surface area contributed by atoms with E-state index < -0.39 is 0 Å². The molecule has 2 aromatic carbocycles. The van der Waals surface area contributed by atoms with Crippen LogP contribution in [0.15, 0.2) is 59.6 Å². The van der Waals surface area contributed by atoms with Crippen molar-refractivity contribution in [1.29, 1.82) is 0 Å². The molecule has 0 unspecified atom stereocenters. The maximum absolute atomic E-state index is 12.3. The molecular formula is C23H33IN4O3. The minimum absolute atomic E-state index is 0. The zero-order valence-electron chi connectivity index (χ0n) is 18.5. The number of rotatable bonds is 11. The van der Waals surface area contributed by atoms with Crippen LogP contribution in [0.5, 0.6) is 11.5 Å². The first-order chi connectivity index (χ1) is 14.6. The number of ether oxygens (including phenoxy) is 2. The second kappa shape index (κ2) is 15.3. The van der Waals surface area contributed by atoms with Gasteiger partial charge in [0.05, 0.1) is 20.2 Å². The molecule has 0 fully saturated rings. The maximum Gasteiger partial charge on any atom is 0.224 e. The molecule has 7 nitrogen and oxygen atoms in total. The van der Waals surface area contributed by atoms with Gasteiger partial charge in [-0.1, -0.05) is 30.3 Å². The quantitative estimate of drug-likeness (QED) is 0.198. The van der Waals surface area contributed by atoms with Crippen molar-refractivity contribution in [2.75, 3.05) is 40.4 Å². The molecule has 0 aliphatic carbocycles. The van der Waals surface area contributed by atoms with Crippen LogP contribution in [0.2, 0.25) is 0 Å². The number of hydrogen-bond acceptors (Lipinski definition) is 4. The van der Waals surface area contributed by atoms with Crippen LogP contribution >= 0.6 is 24.0 Å². The number of guanidine groups is 1. The van der Waals surface area contributed by atoms with E-state index in [1.54, 1.807) is 12.0 Å². The van der Waals surface area contributed by atoms with Crippen LogP contribution in [-0.4, -0.2) is 57.2 Å². The Morgan fingerprint density at radius 2 is 1.71 bits per heavy atom. The summed E-state index contributed by atoms with van der Waals surface area (Å²) >= 11 is 0. The van der Waals surface area contributed by atoms with Crippen LogP contribution < -0.4 is 20.1 Å². The lowest BCUT2D eigenvalue weighted by atomic mass is 10.2. The summed E-state index contributed by atoms with van der Waals surface area (Å²) in [5, 5.41) is 6.40. The van der Waals surface area contributed by atoms with Crippen LogP contribution in [0, 0.1) is 0 Å². The molecule has 2 rings (SSSR count). The molecule has 0 radical (unpaired) electrons. The third kappa shape index (κ3) is 10.4. The largest absolute Gasteiger partial charge is 0.497 e. The van der Waals surface area contributed by atoms with Gasteiger partial charge in [-0.05, 0) is 36.8 Å². The van der Waals surface area contributed by atoms with Crippen LogP contribution in [0.1, 0.15) is 18.9 Å². The van der Waals surface area contributed by atoms with Crippen molar-refractivity contribution in [2.45, 2.75) is 19.9 Å². The SMILES string of the molecule is CCNC(=NCCC(=O)N(C)Cc1ccccc1)NCCOc1ccc(OC)cc1.I. The maximum atomic E-state index is 12.3. The first kappa shape index (κ1) is 26.5. The predicted octanol–water partition coefficient (Wildman–Crippen LogP) is 3.30. The number of nitrogens with zero attached hydrogens (tertiary/aromatic N) is 2. The summed E-state index contributed by atoms with van der Waals surface area (Å²) in [4.78, 5) is 18.6. The van der Waals surface area contributed by atoms with E-state index in [2.05, 4.69) is 15.6 Å². The van der Waals surface area contributed by atoms with Crippen molar-refractivity contribution in [3.8, 4) is 11.5 Å². The number of carbonyl (C=O) groups excluding carboxylic acids is 1. The van der Waals surface area contributed by atoms with Crippen LogP contribution in [0.25, 0.3) is 0 Å². The lowest BCUT2D eigenvalue weighted by Crippen LogP contribution is -2.39. The highest BCUT2D eigenvalue weighted by Gasteiger charge is 2.09. The molecule has 8 heteroatoms. The average Bonchev–Trinajstić information content (AvgIpc) is 2.77. The van der Waals surface area contributed by atoms with Gasteiger partial charge in [0.15, 0.2) is 5.96 Å². The summed E-state index contributed by atoms with van der Waals surface area (Å²) in [7, 11) is 3.45. The van der Waals surface area contributed by atoms with Crippen molar-refractivity contribution < 1.29 is 14.3 Å². The van der Waals surface area contributed by atoms with Crippen molar-refractivity contribution in [2.24, 2.45) is 4.99 Å². The number of benzene rings is 2. The molecule has 1 amide bonds. The lowest BCUT2D eigenvalue weighted by Gasteiger charge is -2.17. The zero-order valence-corrected chi connectivity index (χ0v) is 20.8. The Morgan fingerprint density at radius 1 is 1.03 bits per heavy atom. The van der Waals surface area contributed by atoms with Gasteiger partial charge in [-0.15, -0.1) is 24.0 Å². The van der Waals surface area contributed by atoms with Gasteiger partial charge in [0.25, 0.3) is 0 Å². The lowest BCUT2D eigenvalue weighted by molar-refractivity contribution is -0.130. The smallest absolute Gasteiger partial charge is 0.224 e. The minimum Gasteiger partial charge on any atom is -0.497 e. The van der Waals surface area contributed by atoms with E-state index in [9.17, 15) is 4.79 Å². The molecule has 0 aromatic heterocycles. The van der Waals surface area contributed by atoms with Gasteiger partial charge in [0.2, 0.25) is 5.91 Å². The van der Waals surface area contributed by atoms with Gasteiger partial charge in [-0.3, -0.25) is 9.79 Å². The molecule has 0 aliphatic rings. The Hall–Kier alpha value is -2.49. The summed E-state index contributed by atoms with van der Waals surface area (Å²) in [6.07, 6.45) is 0.363. The fraction of sp³-hybridized carbons (Fsp3) is 0.391. The number of amides is 1. The number of aliphatic imine (C=N–C) groups is 1. The second-order valence-electron chi connectivity index (χ2n) is 6.70. The molecule has 0 spiro atoms. The fourth-order valence-corrected chi connectivity index (χ4v) is 2.75. The third-order valence-electron chi connectivity index (χ3n) is 4.35. The average molecular weight is 540 g/mol. The van der Waals surface area contributed by atoms with Crippen molar-refractivity contribution in [3.05, 3.63) is 60.2 Å². The summed E-state index contributed by atoms with van der Waals surface area (Å²) in [5.41, 5.74) is 1.11. The number of hydrogen-bond donors (Lipinski definition) is 2. The first-order valence-electron chi connectivity index (χ1n) is 10.2. The molecule has 170 valence electrons. The summed E-state index contributed by atoms with van der Waals surface area (Å²) < 4.78 is 10.8. The number of carbonyl (C=O) groups is 1. The molecule has 0 aliphatic heterocycles. The Kier molecular flexibility index (Phi) is 13.1. The van der Waals surface area contributed by atoms with Crippen molar-refractivity contribution >= 4 is 35.8 Å². The Morgan fingerprint density at radius 3 is 2.35 bits per heavy atom. The number of methoxy groups -OCH3 is 1. The Labute approximate surface area is 202 Å². The standard InChI is InChI=1S/C23H32N4O3.HI/c1-4-24-23(26-16-17-30-21-12-10-20(29-3)11-13-21)25-15-14-22(28)27(2)18-19-8-6-5-7-9-19;/h5-13H,4,14-18H2,1-3H3,(H2,24,25,26);1H. The number of nitrogens with one attached hydrogen (secondary N) is 2. The Bertz CT molecular complexity index is 785. The molecule has 0 saturated carbocycles. The molecule has 31 heavy (non-hydrogen) atoms. The summed E-state index contributed by atoms with van der Waals surface area (Å²) in [5.74, 6) is 2.33. The van der Waals surface area contributed by atoms with Gasteiger partial charge in [-0.25, -0.2) is 0 Å². The Balaban J connectivity index is 0.00000480. The van der Waals surface area contributed by atoms with Gasteiger partial charge < -0.3 is 25.0 Å². The van der Waals surface area contributed by atoms with E-state index in [1.807, 2.05) is 68.6 Å². The molecule has 0 heterocycles. The second-order valence-corrected chi connectivity index (χ2v) is 6.70. The van der Waals surface area contributed by atoms with E-state index in [1.165, 1.54) is 0 Å². The van der Waals surface area contributed by atoms with Crippen LogP contribution in [0.3, 0.4) is 0 Å². The molecule has 2 N–H and O–H groups in total. The topological polar surface area (TPSA) is 75.2 Å². The van der Waals surface area contributed by atoms with Crippen molar-refractivity contribution in [1.82, 2.24) is 15.5 Å². The molecular weight excluding hydrogens is 507 g/mol. The molecule has 0 saturated heterocycles. The normalized spacial score (nSPS) is 10.6. The highest BCUT2D eigenvalue weighted by atomic mass is 127. The first-order valence-corrected chi connectivity index (χ1v) is 10.2. The van der Waals surface area contributed by atoms with E-state index in [4.69, 9.17) is 9.47 Å². The van der Waals surface area contributed by atoms with Gasteiger partial charge >= 0.3 is 0 Å². The van der Waals surface area contributed by atoms with Crippen LogP contribution in [-0.2, 0) is 11.3 Å². The van der Waals surface area contributed by atoms with Gasteiger partial charge in [0.1, 0.15) is 18.1 Å². The highest BCUT2D eigenvalue weighted by Crippen LogP contribution is 2.16. The zero-order chi connectivity index (χ0) is 21.6. The summed E-state index contributed by atoms with van der Waals surface area (Å²) in [6, 6.07) is 17.4. The molecule has 0 atom stereocenters. The van der Waals surface area contributed by atoms with Crippen molar-refractivity contribution in [3.63, 3.8) is 0 Å². The minimum atomic E-state index is 0. The van der Waals surface area contributed by atoms with Crippen LogP contribution in [0.4, 0.5) is 0 Å². The highest BCUT2D eigenvalue weighted by molar-refractivity contribution is 14.0. The fourth-order valence-electron chi connectivity index (χ4n) is 2.75. The number of halogens is 1. The van der Waals surface area contributed by atoms with Gasteiger partial charge in [0, 0.05) is 26.6 Å². The predicted molar refractivity (Wildman–Crippen MR) is 135 cm³/mol. The monoisotopic (exact) mass is 540 g/mol. The van der Waals surface area contributed by atoms with E-state index in [0.717, 1.165) is 23.6 Å². The van der Waals surface area contributed by atoms with E-state index in [0.29, 0.717) is 38.6 Å². The summed E-state index contributed by atoms with van der Waals surface area (Å²) in [6.45, 7) is 4.86. The van der Waals surface area contributed by atoms with E-state index >= 15 is 0 Å². The molecule has 2 aromatic rings.